The number of rotatable bonds is 3. The van der Waals surface area contributed by atoms with Gasteiger partial charge in [-0.05, 0) is 48.0 Å². The second-order valence-electron chi connectivity index (χ2n) is 4.66. The molecule has 1 aromatic heterocycles. The van der Waals surface area contributed by atoms with E-state index in [4.69, 9.17) is 5.73 Å². The maximum Gasteiger partial charge on any atom is 0.251 e. The number of hydrogen-bond acceptors (Lipinski definition) is 2. The molecule has 2 aromatic rings. The summed E-state index contributed by atoms with van der Waals surface area (Å²) in [6, 6.07) is 8.12. The van der Waals surface area contributed by atoms with Gasteiger partial charge in [0.1, 0.15) is 0 Å². The lowest BCUT2D eigenvalue weighted by molar-refractivity contribution is 0.868. The Morgan fingerprint density at radius 3 is 2.71 bits per heavy atom. The van der Waals surface area contributed by atoms with E-state index in [0.29, 0.717) is 18.9 Å². The normalized spacial score (nSPS) is 11.3. The van der Waals surface area contributed by atoms with Crippen LogP contribution in [0.25, 0.3) is 10.9 Å². The Balaban J connectivity index is 2.60. The zero-order chi connectivity index (χ0) is 12.4. The van der Waals surface area contributed by atoms with E-state index in [1.54, 1.807) is 0 Å². The van der Waals surface area contributed by atoms with Gasteiger partial charge < -0.3 is 10.7 Å². The molecule has 0 fully saturated rings. The van der Waals surface area contributed by atoms with Gasteiger partial charge in [-0.25, -0.2) is 0 Å². The standard InChI is InChI=1S/C14H18N2O/c1-9(2)10-3-4-13-12(7-10)8-11(5-6-15)14(17)16-13/h3-4,7-9H,5-6,15H2,1-2H3,(H,16,17). The monoisotopic (exact) mass is 230 g/mol. The summed E-state index contributed by atoms with van der Waals surface area (Å²) in [7, 11) is 0. The van der Waals surface area contributed by atoms with Crippen LogP contribution in [0.15, 0.2) is 29.1 Å². The van der Waals surface area contributed by atoms with Crippen molar-refractivity contribution in [2.45, 2.75) is 26.2 Å². The van der Waals surface area contributed by atoms with E-state index in [1.807, 2.05) is 12.1 Å². The minimum Gasteiger partial charge on any atom is -0.330 e. The molecule has 3 heteroatoms. The number of pyridine rings is 1. The maximum atomic E-state index is 11.7. The second-order valence-corrected chi connectivity index (χ2v) is 4.66. The first-order valence-electron chi connectivity index (χ1n) is 5.97. The first-order valence-corrected chi connectivity index (χ1v) is 5.97. The van der Waals surface area contributed by atoms with Gasteiger partial charge in [0.05, 0.1) is 0 Å². The summed E-state index contributed by atoms with van der Waals surface area (Å²) in [4.78, 5) is 14.6. The van der Waals surface area contributed by atoms with E-state index in [9.17, 15) is 4.79 Å². The van der Waals surface area contributed by atoms with Gasteiger partial charge in [0.15, 0.2) is 0 Å². The van der Waals surface area contributed by atoms with Crippen LogP contribution < -0.4 is 11.3 Å². The zero-order valence-corrected chi connectivity index (χ0v) is 10.3. The first kappa shape index (κ1) is 11.9. The Morgan fingerprint density at radius 1 is 1.29 bits per heavy atom. The van der Waals surface area contributed by atoms with Gasteiger partial charge in [-0.1, -0.05) is 19.9 Å². The minimum absolute atomic E-state index is 0.0275. The number of benzene rings is 1. The molecule has 17 heavy (non-hydrogen) atoms. The lowest BCUT2D eigenvalue weighted by atomic mass is 10.0. The van der Waals surface area contributed by atoms with E-state index >= 15 is 0 Å². The number of aromatic nitrogens is 1. The van der Waals surface area contributed by atoms with Crippen LogP contribution in [0.5, 0.6) is 0 Å². The minimum atomic E-state index is -0.0275. The number of hydrogen-bond donors (Lipinski definition) is 2. The van der Waals surface area contributed by atoms with Crippen molar-refractivity contribution in [3.05, 3.63) is 45.7 Å². The molecule has 2 rings (SSSR count). The van der Waals surface area contributed by atoms with E-state index in [2.05, 4.69) is 31.0 Å². The number of aromatic amines is 1. The van der Waals surface area contributed by atoms with E-state index in [1.165, 1.54) is 5.56 Å². The molecular weight excluding hydrogens is 212 g/mol. The lowest BCUT2D eigenvalue weighted by Gasteiger charge is -2.08. The molecular formula is C14H18N2O. The molecule has 0 aliphatic rings. The first-order chi connectivity index (χ1) is 8.11. The number of fused-ring (bicyclic) bond motifs is 1. The highest BCUT2D eigenvalue weighted by Crippen LogP contribution is 2.19. The van der Waals surface area contributed by atoms with Crippen molar-refractivity contribution in [1.29, 1.82) is 0 Å². The Morgan fingerprint density at radius 2 is 2.06 bits per heavy atom. The van der Waals surface area contributed by atoms with Crippen molar-refractivity contribution < 1.29 is 0 Å². The van der Waals surface area contributed by atoms with Crippen LogP contribution >= 0.6 is 0 Å². The Labute approximate surface area is 101 Å². The molecule has 0 saturated heterocycles. The average molecular weight is 230 g/mol. The van der Waals surface area contributed by atoms with E-state index < -0.39 is 0 Å². The molecule has 90 valence electrons. The van der Waals surface area contributed by atoms with E-state index in [0.717, 1.165) is 16.5 Å². The highest BCUT2D eigenvalue weighted by molar-refractivity contribution is 5.79. The third-order valence-electron chi connectivity index (χ3n) is 3.03. The predicted molar refractivity (Wildman–Crippen MR) is 71.4 cm³/mol. The quantitative estimate of drug-likeness (QED) is 0.848. The highest BCUT2D eigenvalue weighted by atomic mass is 16.1. The Kier molecular flexibility index (Phi) is 3.29. The Bertz CT molecular complexity index is 584. The van der Waals surface area contributed by atoms with Crippen LogP contribution in [0.3, 0.4) is 0 Å². The largest absolute Gasteiger partial charge is 0.330 e. The van der Waals surface area contributed by atoms with Crippen molar-refractivity contribution in [2.75, 3.05) is 6.54 Å². The molecule has 1 heterocycles. The van der Waals surface area contributed by atoms with Gasteiger partial charge in [-0.2, -0.15) is 0 Å². The highest BCUT2D eigenvalue weighted by Gasteiger charge is 2.04. The van der Waals surface area contributed by atoms with Gasteiger partial charge in [0.25, 0.3) is 5.56 Å². The summed E-state index contributed by atoms with van der Waals surface area (Å²) in [6.45, 7) is 4.82. The number of nitrogens with two attached hydrogens (primary N) is 1. The van der Waals surface area contributed by atoms with Crippen LogP contribution in [-0.4, -0.2) is 11.5 Å². The molecule has 0 amide bonds. The molecule has 1 aromatic carbocycles. The topological polar surface area (TPSA) is 58.9 Å². The maximum absolute atomic E-state index is 11.7. The van der Waals surface area contributed by atoms with E-state index in [-0.39, 0.29) is 5.56 Å². The number of H-pyrrole nitrogens is 1. The summed E-state index contributed by atoms with van der Waals surface area (Å²) in [5.41, 5.74) is 8.41. The van der Waals surface area contributed by atoms with Crippen molar-refractivity contribution >= 4 is 10.9 Å². The summed E-state index contributed by atoms with van der Waals surface area (Å²) in [5, 5.41) is 1.08. The molecule has 0 aliphatic heterocycles. The van der Waals surface area contributed by atoms with Crippen LogP contribution in [0.1, 0.15) is 30.9 Å². The Hall–Kier alpha value is -1.61. The molecule has 3 N–H and O–H groups in total. The summed E-state index contributed by atoms with van der Waals surface area (Å²) >= 11 is 0. The van der Waals surface area contributed by atoms with Crippen LogP contribution in [-0.2, 0) is 6.42 Å². The SMILES string of the molecule is CC(C)c1ccc2[nH]c(=O)c(CCN)cc2c1. The van der Waals surface area contributed by atoms with Crippen LogP contribution in [0.2, 0.25) is 0 Å². The summed E-state index contributed by atoms with van der Waals surface area (Å²) in [5.74, 6) is 0.490. The molecule has 0 aliphatic carbocycles. The number of nitrogens with one attached hydrogen (secondary N) is 1. The fourth-order valence-electron chi connectivity index (χ4n) is 1.97. The fourth-order valence-corrected chi connectivity index (χ4v) is 1.97. The van der Waals surface area contributed by atoms with Gasteiger partial charge in [0.2, 0.25) is 0 Å². The van der Waals surface area contributed by atoms with Crippen molar-refractivity contribution in [2.24, 2.45) is 5.73 Å². The molecule has 0 spiro atoms. The molecule has 0 unspecified atom stereocenters. The molecule has 0 saturated carbocycles. The molecule has 3 nitrogen and oxygen atoms in total. The van der Waals surface area contributed by atoms with Crippen molar-refractivity contribution in [1.82, 2.24) is 4.98 Å². The lowest BCUT2D eigenvalue weighted by Crippen LogP contribution is -2.16. The molecule has 0 atom stereocenters. The van der Waals surface area contributed by atoms with Crippen molar-refractivity contribution in [3.63, 3.8) is 0 Å². The predicted octanol–water partition coefficient (Wildman–Crippen LogP) is 2.15. The van der Waals surface area contributed by atoms with Crippen LogP contribution in [0, 0.1) is 0 Å². The van der Waals surface area contributed by atoms with Crippen LogP contribution in [0.4, 0.5) is 0 Å². The van der Waals surface area contributed by atoms with Gasteiger partial charge in [-0.3, -0.25) is 4.79 Å². The van der Waals surface area contributed by atoms with Crippen molar-refractivity contribution in [3.8, 4) is 0 Å². The van der Waals surface area contributed by atoms with Gasteiger partial charge in [-0.15, -0.1) is 0 Å². The molecule has 0 bridgehead atoms. The molecule has 0 radical (unpaired) electrons. The summed E-state index contributed by atoms with van der Waals surface area (Å²) < 4.78 is 0. The fraction of sp³-hybridized carbons (Fsp3) is 0.357. The summed E-state index contributed by atoms with van der Waals surface area (Å²) in [6.07, 6.45) is 0.622. The average Bonchev–Trinajstić information content (AvgIpc) is 2.29. The zero-order valence-electron chi connectivity index (χ0n) is 10.3. The van der Waals surface area contributed by atoms with Gasteiger partial charge >= 0.3 is 0 Å². The third kappa shape index (κ3) is 2.39. The third-order valence-corrected chi connectivity index (χ3v) is 3.03. The second kappa shape index (κ2) is 4.72. The van der Waals surface area contributed by atoms with Gasteiger partial charge in [0, 0.05) is 11.1 Å². The smallest absolute Gasteiger partial charge is 0.251 e.